The lowest BCUT2D eigenvalue weighted by molar-refractivity contribution is -0.137. The third-order valence-corrected chi connectivity index (χ3v) is 11.0. The molecule has 1 unspecified atom stereocenters. The van der Waals surface area contributed by atoms with Gasteiger partial charge in [-0.25, -0.2) is 14.2 Å². The van der Waals surface area contributed by atoms with E-state index in [2.05, 4.69) is 14.9 Å². The maximum atomic E-state index is 17.0. The predicted molar refractivity (Wildman–Crippen MR) is 183 cm³/mol. The molecular formula is C36H43F4N7O5. The highest BCUT2D eigenvalue weighted by Gasteiger charge is 2.54. The zero-order valence-electron chi connectivity index (χ0n) is 29.8. The van der Waals surface area contributed by atoms with Gasteiger partial charge in [0, 0.05) is 36.4 Å². The Morgan fingerprint density at radius 3 is 2.60 bits per heavy atom. The lowest BCUT2D eigenvalue weighted by Gasteiger charge is -2.48. The molecule has 16 heteroatoms. The van der Waals surface area contributed by atoms with Gasteiger partial charge in [-0.2, -0.15) is 23.1 Å². The van der Waals surface area contributed by atoms with Gasteiger partial charge in [0.05, 0.1) is 36.9 Å². The molecular weight excluding hydrogens is 686 g/mol. The third-order valence-electron chi connectivity index (χ3n) is 11.0. The summed E-state index contributed by atoms with van der Waals surface area (Å²) in [6.45, 7) is 11.1. The van der Waals surface area contributed by atoms with Crippen LogP contribution in [0.1, 0.15) is 64.5 Å². The summed E-state index contributed by atoms with van der Waals surface area (Å²) in [6, 6.07) is 1.42. The van der Waals surface area contributed by atoms with Crippen molar-refractivity contribution in [1.29, 1.82) is 0 Å². The largest absolute Gasteiger partial charge is 0.472 e. The van der Waals surface area contributed by atoms with Crippen LogP contribution in [0.2, 0.25) is 0 Å². The van der Waals surface area contributed by atoms with Gasteiger partial charge in [-0.05, 0) is 78.0 Å². The third kappa shape index (κ3) is 5.91. The number of morpholine rings is 1. The molecule has 0 spiro atoms. The normalized spacial score (nSPS) is 27.2. The van der Waals surface area contributed by atoms with Crippen LogP contribution in [0.3, 0.4) is 0 Å². The number of nitrogen functional groups attached to an aromatic ring is 1. The monoisotopic (exact) mass is 729 g/mol. The summed E-state index contributed by atoms with van der Waals surface area (Å²) in [7, 11) is 0. The predicted octanol–water partition coefficient (Wildman–Crippen LogP) is 5.72. The summed E-state index contributed by atoms with van der Waals surface area (Å²) in [5.41, 5.74) is 2.69. The molecule has 8 rings (SSSR count). The Balaban J connectivity index is 1.27. The zero-order valence-corrected chi connectivity index (χ0v) is 29.8. The molecule has 6 atom stereocenters. The maximum absolute atomic E-state index is 17.0. The molecule has 0 radical (unpaired) electrons. The number of carbonyl (C=O) groups excluding carboxylic acids is 1. The van der Waals surface area contributed by atoms with Crippen molar-refractivity contribution in [2.75, 3.05) is 43.5 Å². The van der Waals surface area contributed by atoms with E-state index >= 15 is 4.39 Å². The molecule has 5 aliphatic heterocycles. The van der Waals surface area contributed by atoms with Crippen LogP contribution in [0, 0.1) is 12.7 Å². The number of nitrogens with zero attached hydrogens (tertiary/aromatic N) is 6. The second kappa shape index (κ2) is 12.5. The van der Waals surface area contributed by atoms with Crippen LogP contribution in [-0.2, 0) is 15.7 Å². The van der Waals surface area contributed by atoms with Crippen LogP contribution in [0.15, 0.2) is 12.1 Å². The maximum Gasteiger partial charge on any atom is 0.417 e. The van der Waals surface area contributed by atoms with Crippen LogP contribution in [-0.4, -0.2) is 106 Å². The zero-order chi connectivity index (χ0) is 36.9. The van der Waals surface area contributed by atoms with Crippen LogP contribution >= 0.6 is 0 Å². The average Bonchev–Trinajstić information content (AvgIpc) is 3.58. The number of alkyl halides is 3. The van der Waals surface area contributed by atoms with Crippen molar-refractivity contribution >= 4 is 28.5 Å². The lowest BCUT2D eigenvalue weighted by atomic mass is 9.96. The number of hydrogen-bond donors (Lipinski definition) is 1. The number of amides is 1. The number of fused-ring (bicyclic) bond motifs is 6. The van der Waals surface area contributed by atoms with Crippen LogP contribution in [0.25, 0.3) is 22.2 Å². The van der Waals surface area contributed by atoms with E-state index < -0.39 is 52.7 Å². The van der Waals surface area contributed by atoms with Crippen molar-refractivity contribution in [3.05, 3.63) is 29.1 Å². The first-order valence-corrected chi connectivity index (χ1v) is 17.9. The first-order chi connectivity index (χ1) is 24.6. The van der Waals surface area contributed by atoms with E-state index in [4.69, 9.17) is 29.7 Å². The van der Waals surface area contributed by atoms with E-state index in [0.29, 0.717) is 44.5 Å². The van der Waals surface area contributed by atoms with Gasteiger partial charge in [-0.15, -0.1) is 0 Å². The van der Waals surface area contributed by atoms with Crippen molar-refractivity contribution in [1.82, 2.24) is 24.8 Å². The number of pyridine rings is 1. The molecule has 4 fully saturated rings. The Hall–Kier alpha value is -4.18. The van der Waals surface area contributed by atoms with Gasteiger partial charge >= 0.3 is 18.3 Å². The SMILES string of the molecule is Cc1cc(N)cc(-c2nc3c4c(nc(OC[C@@H]5CC[C@H]6COCCN65)nc4c2F)N2C[C@H]4CC[C@@H](C2[C@H](C)O3)N4C(=O)OC(C)(C)C)c1C(F)(F)F. The summed E-state index contributed by atoms with van der Waals surface area (Å²) in [5.74, 6) is -0.907. The first-order valence-electron chi connectivity index (χ1n) is 17.9. The highest BCUT2D eigenvalue weighted by atomic mass is 19.4. The molecule has 12 nitrogen and oxygen atoms in total. The van der Waals surface area contributed by atoms with Crippen molar-refractivity contribution < 1.29 is 41.3 Å². The molecule has 2 aromatic heterocycles. The van der Waals surface area contributed by atoms with Gasteiger partial charge in [0.25, 0.3) is 0 Å². The number of anilines is 2. The van der Waals surface area contributed by atoms with Gasteiger partial charge < -0.3 is 29.6 Å². The van der Waals surface area contributed by atoms with Crippen LogP contribution in [0.5, 0.6) is 11.9 Å². The van der Waals surface area contributed by atoms with E-state index in [1.165, 1.54) is 13.0 Å². The molecule has 1 amide bonds. The van der Waals surface area contributed by atoms with E-state index in [1.54, 1.807) is 4.90 Å². The van der Waals surface area contributed by atoms with Gasteiger partial charge in [0.2, 0.25) is 5.88 Å². The number of ether oxygens (including phenoxy) is 4. The summed E-state index contributed by atoms with van der Waals surface area (Å²) in [5, 5.41) is 0.122. The second-order valence-electron chi connectivity index (χ2n) is 15.6. The van der Waals surface area contributed by atoms with Gasteiger partial charge in [0.15, 0.2) is 5.82 Å². The summed E-state index contributed by atoms with van der Waals surface area (Å²) < 4.78 is 84.9. The quantitative estimate of drug-likeness (QED) is 0.262. The Morgan fingerprint density at radius 2 is 1.85 bits per heavy atom. The number of aryl methyl sites for hydroxylation is 1. The summed E-state index contributed by atoms with van der Waals surface area (Å²) in [4.78, 5) is 33.5. The molecule has 1 aromatic carbocycles. The number of carbonyl (C=O) groups is 1. The van der Waals surface area contributed by atoms with Crippen molar-refractivity contribution in [2.24, 2.45) is 0 Å². The number of piperazine rings is 1. The number of hydrogen-bond acceptors (Lipinski definition) is 11. The molecule has 52 heavy (non-hydrogen) atoms. The molecule has 0 aliphatic carbocycles. The average molecular weight is 730 g/mol. The summed E-state index contributed by atoms with van der Waals surface area (Å²) >= 11 is 0. The van der Waals surface area contributed by atoms with Crippen LogP contribution < -0.4 is 20.1 Å². The molecule has 2 bridgehead atoms. The number of rotatable bonds is 4. The second-order valence-corrected chi connectivity index (χ2v) is 15.6. The Morgan fingerprint density at radius 1 is 1.08 bits per heavy atom. The van der Waals surface area contributed by atoms with E-state index in [9.17, 15) is 18.0 Å². The van der Waals surface area contributed by atoms with Crippen molar-refractivity contribution in [2.45, 2.75) is 108 Å². The van der Waals surface area contributed by atoms with E-state index in [1.807, 2.05) is 32.6 Å². The standard InChI is InChI=1S/C36H43F4N7O5/c1-17-12-19(41)13-23(26(17)36(38,39)40)28-27(37)29-25-31(44-33(43-29)50-16-22-7-6-21-15-49-11-10-45(21)22)46-14-20-8-9-24(30(46)18(2)51-32(25)42-28)47(20)34(48)52-35(3,4)5/h12-13,18,20-22,24,30H,6-11,14-16,41H2,1-5H3/t18-,20+,21-,22-,24-,30?/m0/s1. The Labute approximate surface area is 298 Å². The number of halogens is 4. The highest BCUT2D eigenvalue weighted by Crippen LogP contribution is 2.48. The lowest BCUT2D eigenvalue weighted by Crippen LogP contribution is -2.65. The molecule has 280 valence electrons. The molecule has 4 saturated heterocycles. The van der Waals surface area contributed by atoms with Gasteiger partial charge in [-0.3, -0.25) is 9.80 Å². The fourth-order valence-corrected chi connectivity index (χ4v) is 8.94. The van der Waals surface area contributed by atoms with Gasteiger partial charge in [0.1, 0.15) is 40.7 Å². The molecule has 7 heterocycles. The van der Waals surface area contributed by atoms with E-state index in [-0.39, 0.29) is 58.8 Å². The van der Waals surface area contributed by atoms with Crippen molar-refractivity contribution in [3.8, 4) is 23.1 Å². The minimum absolute atomic E-state index is 0.0164. The fourth-order valence-electron chi connectivity index (χ4n) is 8.94. The number of benzene rings is 1. The molecule has 3 aromatic rings. The fraction of sp³-hybridized carbons (Fsp3) is 0.611. The molecule has 2 N–H and O–H groups in total. The summed E-state index contributed by atoms with van der Waals surface area (Å²) in [6.07, 6.45) is -2.76. The number of aromatic nitrogens is 3. The first kappa shape index (κ1) is 34.9. The van der Waals surface area contributed by atoms with E-state index in [0.717, 1.165) is 25.5 Å². The number of nitrogens with two attached hydrogens (primary N) is 1. The minimum atomic E-state index is -4.84. The topological polar surface area (TPSA) is 128 Å². The van der Waals surface area contributed by atoms with Crippen LogP contribution in [0.4, 0.5) is 33.9 Å². The molecule has 5 aliphatic rings. The molecule has 0 saturated carbocycles. The Kier molecular flexibility index (Phi) is 8.36. The van der Waals surface area contributed by atoms with Crippen molar-refractivity contribution in [3.63, 3.8) is 0 Å². The minimum Gasteiger partial charge on any atom is -0.472 e. The highest BCUT2D eigenvalue weighted by molar-refractivity contribution is 5.98. The Bertz CT molecular complexity index is 1920. The smallest absolute Gasteiger partial charge is 0.417 e. The van der Waals surface area contributed by atoms with Gasteiger partial charge in [-0.1, -0.05) is 0 Å².